The molecule has 2 aromatic rings. The van der Waals surface area contributed by atoms with Gasteiger partial charge in [-0.3, -0.25) is 9.69 Å². The first-order chi connectivity index (χ1) is 13.2. The minimum absolute atomic E-state index is 0.0977. The lowest BCUT2D eigenvalue weighted by Crippen LogP contribution is -2.38. The molecule has 4 rings (SSSR count). The molecular formula is C23H28N2O2. The number of para-hydroxylation sites is 1. The summed E-state index contributed by atoms with van der Waals surface area (Å²) in [4.78, 5) is 17.7. The summed E-state index contributed by atoms with van der Waals surface area (Å²) in [6.45, 7) is 3.71. The van der Waals surface area contributed by atoms with Crippen molar-refractivity contribution in [2.75, 3.05) is 26.2 Å². The number of hydrogen-bond donors (Lipinski definition) is 1. The Morgan fingerprint density at radius 2 is 1.70 bits per heavy atom. The van der Waals surface area contributed by atoms with Gasteiger partial charge in [-0.25, -0.2) is 0 Å². The summed E-state index contributed by atoms with van der Waals surface area (Å²) in [5, 5.41) is 10.1. The number of phenols is 1. The van der Waals surface area contributed by atoms with E-state index in [1.54, 1.807) is 12.1 Å². The van der Waals surface area contributed by atoms with E-state index in [0.717, 1.165) is 49.8 Å². The van der Waals surface area contributed by atoms with Gasteiger partial charge in [-0.05, 0) is 43.0 Å². The van der Waals surface area contributed by atoms with Crippen LogP contribution in [0.4, 0.5) is 0 Å². The van der Waals surface area contributed by atoms with Crippen LogP contribution in [-0.4, -0.2) is 53.0 Å². The summed E-state index contributed by atoms with van der Waals surface area (Å²) in [7, 11) is 0. The van der Waals surface area contributed by atoms with E-state index >= 15 is 0 Å². The molecule has 1 saturated carbocycles. The number of aromatic hydroxyl groups is 1. The fourth-order valence-electron chi connectivity index (χ4n) is 4.50. The average molecular weight is 364 g/mol. The summed E-state index contributed by atoms with van der Waals surface area (Å²) in [6.07, 6.45) is 6.38. The van der Waals surface area contributed by atoms with E-state index in [9.17, 15) is 9.90 Å². The highest BCUT2D eigenvalue weighted by Gasteiger charge is 2.26. The summed E-state index contributed by atoms with van der Waals surface area (Å²) in [5.74, 6) is 0.338. The van der Waals surface area contributed by atoms with Gasteiger partial charge in [0.1, 0.15) is 5.75 Å². The van der Waals surface area contributed by atoms with Crippen LogP contribution < -0.4 is 0 Å². The molecule has 1 N–H and O–H groups in total. The summed E-state index contributed by atoms with van der Waals surface area (Å²) < 4.78 is 0. The maximum Gasteiger partial charge on any atom is 0.253 e. The Bertz CT molecular complexity index is 798. The Kier molecular flexibility index (Phi) is 5.44. The van der Waals surface area contributed by atoms with Crippen LogP contribution in [0.3, 0.4) is 0 Å². The third-order valence-corrected chi connectivity index (χ3v) is 5.98. The number of rotatable bonds is 3. The molecule has 0 spiro atoms. The molecule has 27 heavy (non-hydrogen) atoms. The van der Waals surface area contributed by atoms with Crippen LogP contribution in [-0.2, 0) is 0 Å². The monoisotopic (exact) mass is 364 g/mol. The second-order valence-corrected chi connectivity index (χ2v) is 7.72. The number of benzene rings is 2. The van der Waals surface area contributed by atoms with Crippen LogP contribution in [0.2, 0.25) is 0 Å². The van der Waals surface area contributed by atoms with E-state index in [1.165, 1.54) is 25.7 Å². The van der Waals surface area contributed by atoms with Crippen LogP contribution >= 0.6 is 0 Å². The molecule has 1 aliphatic carbocycles. The van der Waals surface area contributed by atoms with Gasteiger partial charge in [0.25, 0.3) is 5.91 Å². The van der Waals surface area contributed by atoms with Crippen LogP contribution in [0.15, 0.2) is 48.5 Å². The molecule has 2 fully saturated rings. The van der Waals surface area contributed by atoms with Crippen LogP contribution in [0.25, 0.3) is 11.1 Å². The molecule has 0 radical (unpaired) electrons. The van der Waals surface area contributed by atoms with Gasteiger partial charge in [0.15, 0.2) is 0 Å². The lowest BCUT2D eigenvalue weighted by molar-refractivity contribution is 0.0758. The molecule has 1 amide bonds. The molecule has 4 heteroatoms. The predicted octanol–water partition coefficient (Wildman–Crippen LogP) is 4.15. The first-order valence-electron chi connectivity index (χ1n) is 10.1. The number of carbonyl (C=O) groups excluding carboxylic acids is 1. The lowest BCUT2D eigenvalue weighted by atomic mass is 10.0. The minimum Gasteiger partial charge on any atom is -0.507 e. The van der Waals surface area contributed by atoms with Gasteiger partial charge in [0, 0.05) is 43.3 Å². The molecule has 0 unspecified atom stereocenters. The van der Waals surface area contributed by atoms with Gasteiger partial charge in [-0.2, -0.15) is 0 Å². The van der Waals surface area contributed by atoms with E-state index in [4.69, 9.17) is 0 Å². The number of carbonyl (C=O) groups is 1. The molecule has 4 nitrogen and oxygen atoms in total. The van der Waals surface area contributed by atoms with Gasteiger partial charge < -0.3 is 10.0 Å². The van der Waals surface area contributed by atoms with Crippen molar-refractivity contribution < 1.29 is 9.90 Å². The van der Waals surface area contributed by atoms with Crippen LogP contribution in [0.5, 0.6) is 5.75 Å². The Morgan fingerprint density at radius 1 is 0.889 bits per heavy atom. The molecule has 1 heterocycles. The Hall–Kier alpha value is -2.33. The van der Waals surface area contributed by atoms with Crippen molar-refractivity contribution in [3.63, 3.8) is 0 Å². The second kappa shape index (κ2) is 8.13. The van der Waals surface area contributed by atoms with Gasteiger partial charge in [-0.1, -0.05) is 43.2 Å². The van der Waals surface area contributed by atoms with E-state index in [2.05, 4.69) is 4.90 Å². The highest BCUT2D eigenvalue weighted by molar-refractivity contribution is 5.95. The summed E-state index contributed by atoms with van der Waals surface area (Å²) in [6, 6.07) is 15.6. The third-order valence-electron chi connectivity index (χ3n) is 5.98. The first-order valence-corrected chi connectivity index (χ1v) is 10.1. The predicted molar refractivity (Wildman–Crippen MR) is 108 cm³/mol. The largest absolute Gasteiger partial charge is 0.507 e. The molecule has 2 aromatic carbocycles. The van der Waals surface area contributed by atoms with Crippen LogP contribution in [0, 0.1) is 0 Å². The highest BCUT2D eigenvalue weighted by Crippen LogP contribution is 2.29. The zero-order valence-electron chi connectivity index (χ0n) is 15.8. The van der Waals surface area contributed by atoms with Gasteiger partial charge in [0.05, 0.1) is 0 Å². The molecule has 142 valence electrons. The fraction of sp³-hybridized carbons (Fsp3) is 0.435. The van der Waals surface area contributed by atoms with E-state index in [-0.39, 0.29) is 11.7 Å². The van der Waals surface area contributed by atoms with Crippen molar-refractivity contribution >= 4 is 5.91 Å². The average Bonchev–Trinajstić information content (AvgIpc) is 3.13. The van der Waals surface area contributed by atoms with Crippen molar-refractivity contribution in [2.24, 2.45) is 0 Å². The molecule has 2 aliphatic rings. The van der Waals surface area contributed by atoms with Crippen molar-refractivity contribution in [3.8, 4) is 16.9 Å². The Morgan fingerprint density at radius 3 is 2.52 bits per heavy atom. The number of nitrogens with zero attached hydrogens (tertiary/aromatic N) is 2. The molecule has 0 aromatic heterocycles. The standard InChI is InChI=1S/C23H28N2O2/c26-22-12-4-3-11-21(22)18-7-5-8-19(17-18)23(27)25-14-6-13-24(15-16-25)20-9-1-2-10-20/h3-5,7-8,11-12,17,20,26H,1-2,6,9-10,13-16H2. The number of phenolic OH excluding ortho intramolecular Hbond substituents is 1. The number of hydrogen-bond acceptors (Lipinski definition) is 3. The van der Waals surface area contributed by atoms with E-state index in [1.807, 2.05) is 41.3 Å². The van der Waals surface area contributed by atoms with Gasteiger partial charge in [0.2, 0.25) is 0 Å². The molecule has 0 bridgehead atoms. The van der Waals surface area contributed by atoms with Crippen molar-refractivity contribution in [1.29, 1.82) is 0 Å². The molecule has 0 atom stereocenters. The lowest BCUT2D eigenvalue weighted by Gasteiger charge is -2.27. The topological polar surface area (TPSA) is 43.8 Å². The minimum atomic E-state index is 0.0977. The Labute approximate surface area is 161 Å². The smallest absolute Gasteiger partial charge is 0.253 e. The molecule has 1 saturated heterocycles. The third kappa shape index (κ3) is 4.01. The second-order valence-electron chi connectivity index (χ2n) is 7.72. The number of amides is 1. The molecule has 1 aliphatic heterocycles. The fourth-order valence-corrected chi connectivity index (χ4v) is 4.50. The maximum absolute atomic E-state index is 13.1. The maximum atomic E-state index is 13.1. The normalized spacial score (nSPS) is 19.2. The van der Waals surface area contributed by atoms with Gasteiger partial charge in [-0.15, -0.1) is 0 Å². The summed E-state index contributed by atoms with van der Waals surface area (Å²) >= 11 is 0. The van der Waals surface area contributed by atoms with Crippen LogP contribution in [0.1, 0.15) is 42.5 Å². The van der Waals surface area contributed by atoms with E-state index < -0.39 is 0 Å². The molecular weight excluding hydrogens is 336 g/mol. The quantitative estimate of drug-likeness (QED) is 0.890. The highest BCUT2D eigenvalue weighted by atomic mass is 16.3. The Balaban J connectivity index is 1.48. The zero-order chi connectivity index (χ0) is 18.6. The first kappa shape index (κ1) is 18.1. The van der Waals surface area contributed by atoms with Crippen molar-refractivity contribution in [2.45, 2.75) is 38.1 Å². The van der Waals surface area contributed by atoms with Crippen molar-refractivity contribution in [1.82, 2.24) is 9.80 Å². The zero-order valence-corrected chi connectivity index (χ0v) is 15.8. The van der Waals surface area contributed by atoms with Crippen molar-refractivity contribution in [3.05, 3.63) is 54.1 Å². The SMILES string of the molecule is O=C(c1cccc(-c2ccccc2O)c1)N1CCCN(C2CCCC2)CC1. The summed E-state index contributed by atoms with van der Waals surface area (Å²) in [5.41, 5.74) is 2.34. The van der Waals surface area contributed by atoms with E-state index in [0.29, 0.717) is 5.56 Å². The van der Waals surface area contributed by atoms with Gasteiger partial charge >= 0.3 is 0 Å².